The number of hydrogen-bond acceptors (Lipinski definition) is 4. The van der Waals surface area contributed by atoms with E-state index in [0.717, 1.165) is 13.1 Å². The van der Waals surface area contributed by atoms with Crippen LogP contribution in [0.4, 0.5) is 4.79 Å². The molecule has 0 radical (unpaired) electrons. The minimum Gasteiger partial charge on any atom is -0.480 e. The van der Waals surface area contributed by atoms with Crippen molar-refractivity contribution in [3.05, 3.63) is 0 Å². The average Bonchev–Trinajstić information content (AvgIpc) is 2.41. The Morgan fingerprint density at radius 3 is 2.19 bits per heavy atom. The van der Waals surface area contributed by atoms with Gasteiger partial charge in [-0.2, -0.15) is 0 Å². The summed E-state index contributed by atoms with van der Waals surface area (Å²) in [6, 6.07) is -0.219. The lowest BCUT2D eigenvalue weighted by atomic mass is 10.1. The molecule has 0 atom stereocenters. The highest BCUT2D eigenvalue weighted by molar-refractivity contribution is 5.80. The Bertz CT molecular complexity index is 360. The van der Waals surface area contributed by atoms with Crippen molar-refractivity contribution in [3.8, 4) is 0 Å². The normalized spacial score (nSPS) is 16.9. The first-order valence-electron chi connectivity index (χ1n) is 7.25. The molecule has 0 unspecified atom stereocenters. The standard InChI is InChI=1S/C14H27N3O4/c1-14(2,3)17-7-5-15(6-8-17)13(20)16(9-10-21-4)11-12(18)19/h5-11H2,1-4H3,(H,18,19). The zero-order valence-corrected chi connectivity index (χ0v) is 13.5. The van der Waals surface area contributed by atoms with Gasteiger partial charge in [-0.25, -0.2) is 4.79 Å². The molecule has 0 aromatic heterocycles. The van der Waals surface area contributed by atoms with Gasteiger partial charge in [-0.15, -0.1) is 0 Å². The van der Waals surface area contributed by atoms with Gasteiger partial charge < -0.3 is 19.6 Å². The number of carbonyl (C=O) groups is 2. The topological polar surface area (TPSA) is 73.3 Å². The molecule has 7 heteroatoms. The lowest BCUT2D eigenvalue weighted by Crippen LogP contribution is -2.57. The van der Waals surface area contributed by atoms with E-state index < -0.39 is 5.97 Å². The van der Waals surface area contributed by atoms with Gasteiger partial charge in [-0.3, -0.25) is 9.69 Å². The number of aliphatic carboxylic acids is 1. The first kappa shape index (κ1) is 17.7. The number of rotatable bonds is 5. The maximum absolute atomic E-state index is 12.4. The second-order valence-electron chi connectivity index (χ2n) is 6.24. The van der Waals surface area contributed by atoms with E-state index in [0.29, 0.717) is 26.2 Å². The summed E-state index contributed by atoms with van der Waals surface area (Å²) in [5, 5.41) is 8.92. The Labute approximate surface area is 126 Å². The van der Waals surface area contributed by atoms with Crippen molar-refractivity contribution in [3.63, 3.8) is 0 Å². The van der Waals surface area contributed by atoms with E-state index in [1.165, 1.54) is 12.0 Å². The van der Waals surface area contributed by atoms with Crippen LogP contribution in [0.5, 0.6) is 0 Å². The molecule has 122 valence electrons. The van der Waals surface area contributed by atoms with Crippen molar-refractivity contribution in [2.75, 3.05) is 53.0 Å². The molecule has 1 saturated heterocycles. The van der Waals surface area contributed by atoms with Gasteiger partial charge in [0.25, 0.3) is 0 Å². The predicted octanol–water partition coefficient (Wildman–Crippen LogP) is 0.556. The fourth-order valence-electron chi connectivity index (χ4n) is 2.38. The molecule has 0 spiro atoms. The third-order valence-electron chi connectivity index (χ3n) is 3.66. The largest absolute Gasteiger partial charge is 0.480 e. The number of hydrogen-bond donors (Lipinski definition) is 1. The Morgan fingerprint density at radius 2 is 1.76 bits per heavy atom. The summed E-state index contributed by atoms with van der Waals surface area (Å²) in [5.74, 6) is -1.01. The molecule has 1 aliphatic rings. The van der Waals surface area contributed by atoms with Crippen LogP contribution in [0, 0.1) is 0 Å². The molecule has 0 bridgehead atoms. The van der Waals surface area contributed by atoms with E-state index in [1.807, 2.05) is 0 Å². The van der Waals surface area contributed by atoms with Crippen LogP contribution >= 0.6 is 0 Å². The zero-order valence-electron chi connectivity index (χ0n) is 13.5. The summed E-state index contributed by atoms with van der Waals surface area (Å²) >= 11 is 0. The maximum Gasteiger partial charge on any atom is 0.323 e. The highest BCUT2D eigenvalue weighted by atomic mass is 16.5. The van der Waals surface area contributed by atoms with Crippen LogP contribution in [-0.2, 0) is 9.53 Å². The van der Waals surface area contributed by atoms with Crippen LogP contribution in [0.1, 0.15) is 20.8 Å². The number of amides is 2. The minimum absolute atomic E-state index is 0.0892. The van der Waals surface area contributed by atoms with Crippen LogP contribution in [-0.4, -0.2) is 90.3 Å². The number of urea groups is 1. The second kappa shape index (κ2) is 7.61. The molecule has 1 fully saturated rings. The molecule has 7 nitrogen and oxygen atoms in total. The van der Waals surface area contributed by atoms with Crippen molar-refractivity contribution in [1.29, 1.82) is 0 Å². The molecule has 0 aromatic carbocycles. The Morgan fingerprint density at radius 1 is 1.19 bits per heavy atom. The monoisotopic (exact) mass is 301 g/mol. The van der Waals surface area contributed by atoms with Crippen molar-refractivity contribution in [2.45, 2.75) is 26.3 Å². The highest BCUT2D eigenvalue weighted by Gasteiger charge is 2.30. The lowest BCUT2D eigenvalue weighted by Gasteiger charge is -2.43. The summed E-state index contributed by atoms with van der Waals surface area (Å²) in [6.07, 6.45) is 0. The molecule has 1 N–H and O–H groups in total. The summed E-state index contributed by atoms with van der Waals surface area (Å²) < 4.78 is 4.94. The van der Waals surface area contributed by atoms with Crippen molar-refractivity contribution >= 4 is 12.0 Å². The third kappa shape index (κ3) is 5.51. The molecule has 0 aliphatic carbocycles. The fraction of sp³-hybridized carbons (Fsp3) is 0.857. The number of nitrogens with zero attached hydrogens (tertiary/aromatic N) is 3. The summed E-state index contributed by atoms with van der Waals surface area (Å²) in [7, 11) is 1.53. The Balaban J connectivity index is 2.58. The predicted molar refractivity (Wildman–Crippen MR) is 79.4 cm³/mol. The van der Waals surface area contributed by atoms with E-state index in [2.05, 4.69) is 25.7 Å². The van der Waals surface area contributed by atoms with Gasteiger partial charge in [-0.1, -0.05) is 0 Å². The minimum atomic E-state index is -1.01. The Kier molecular flexibility index (Phi) is 6.42. The maximum atomic E-state index is 12.4. The smallest absolute Gasteiger partial charge is 0.323 e. The van der Waals surface area contributed by atoms with E-state index in [1.54, 1.807) is 4.90 Å². The van der Waals surface area contributed by atoms with Gasteiger partial charge in [0.05, 0.1) is 6.61 Å². The second-order valence-corrected chi connectivity index (χ2v) is 6.24. The number of carboxylic acid groups (broad SMARTS) is 1. The number of carboxylic acids is 1. The first-order chi connectivity index (χ1) is 9.75. The van der Waals surface area contributed by atoms with Crippen molar-refractivity contribution < 1.29 is 19.4 Å². The molecule has 1 rings (SSSR count). The average molecular weight is 301 g/mol. The zero-order chi connectivity index (χ0) is 16.0. The lowest BCUT2D eigenvalue weighted by molar-refractivity contribution is -0.137. The van der Waals surface area contributed by atoms with E-state index in [-0.39, 0.29) is 18.1 Å². The van der Waals surface area contributed by atoms with E-state index in [9.17, 15) is 9.59 Å². The quantitative estimate of drug-likeness (QED) is 0.803. The first-order valence-corrected chi connectivity index (χ1v) is 7.25. The van der Waals surface area contributed by atoms with Gasteiger partial charge in [0.15, 0.2) is 0 Å². The van der Waals surface area contributed by atoms with Crippen molar-refractivity contribution in [1.82, 2.24) is 14.7 Å². The van der Waals surface area contributed by atoms with Gasteiger partial charge in [-0.05, 0) is 20.8 Å². The van der Waals surface area contributed by atoms with Crippen molar-refractivity contribution in [2.24, 2.45) is 0 Å². The number of piperazine rings is 1. The number of carbonyl (C=O) groups excluding carboxylic acids is 1. The third-order valence-corrected chi connectivity index (χ3v) is 3.66. The summed E-state index contributed by atoms with van der Waals surface area (Å²) in [4.78, 5) is 28.7. The van der Waals surface area contributed by atoms with Gasteiger partial charge in [0.2, 0.25) is 0 Å². The number of ether oxygens (including phenoxy) is 1. The highest BCUT2D eigenvalue weighted by Crippen LogP contribution is 2.16. The van der Waals surface area contributed by atoms with Crippen LogP contribution in [0.15, 0.2) is 0 Å². The van der Waals surface area contributed by atoms with Gasteiger partial charge >= 0.3 is 12.0 Å². The summed E-state index contributed by atoms with van der Waals surface area (Å²) in [6.45, 7) is 9.66. The summed E-state index contributed by atoms with van der Waals surface area (Å²) in [5.41, 5.74) is 0.0892. The van der Waals surface area contributed by atoms with Gasteiger partial charge in [0.1, 0.15) is 6.54 Å². The SMILES string of the molecule is COCCN(CC(=O)O)C(=O)N1CCN(C(C)(C)C)CC1. The molecular weight excluding hydrogens is 274 g/mol. The Hall–Kier alpha value is -1.34. The van der Waals surface area contributed by atoms with E-state index >= 15 is 0 Å². The molecule has 1 heterocycles. The van der Waals surface area contributed by atoms with E-state index in [4.69, 9.17) is 9.84 Å². The molecular formula is C14H27N3O4. The molecule has 0 aromatic rings. The van der Waals surface area contributed by atoms with Gasteiger partial charge in [0, 0.05) is 45.4 Å². The molecule has 0 saturated carbocycles. The molecule has 2 amide bonds. The van der Waals surface area contributed by atoms with Crippen LogP contribution < -0.4 is 0 Å². The molecule has 1 aliphatic heterocycles. The molecule has 21 heavy (non-hydrogen) atoms. The van der Waals surface area contributed by atoms with Crippen LogP contribution in [0.25, 0.3) is 0 Å². The van der Waals surface area contributed by atoms with Crippen LogP contribution in [0.3, 0.4) is 0 Å². The number of methoxy groups -OCH3 is 1. The van der Waals surface area contributed by atoms with Crippen LogP contribution in [0.2, 0.25) is 0 Å². The fourth-order valence-corrected chi connectivity index (χ4v) is 2.38.